The Hall–Kier alpha value is -1.06. The fourth-order valence-electron chi connectivity index (χ4n) is 4.43. The van der Waals surface area contributed by atoms with Crippen LogP contribution in [0.5, 0.6) is 0 Å². The van der Waals surface area contributed by atoms with E-state index in [0.717, 1.165) is 57.8 Å². The molecule has 0 aromatic carbocycles. The molecule has 0 aromatic heterocycles. The van der Waals surface area contributed by atoms with Gasteiger partial charge >= 0.3 is 11.9 Å². The molecule has 4 heteroatoms. The van der Waals surface area contributed by atoms with Crippen molar-refractivity contribution in [3.05, 3.63) is 0 Å². The monoisotopic (exact) mass is 338 g/mol. The third-order valence-electron chi connectivity index (χ3n) is 5.88. The highest BCUT2D eigenvalue weighted by Gasteiger charge is 2.42. The van der Waals surface area contributed by atoms with Crippen LogP contribution in [0.3, 0.4) is 0 Å². The van der Waals surface area contributed by atoms with Crippen LogP contribution in [0, 0.1) is 17.8 Å². The van der Waals surface area contributed by atoms with Crippen molar-refractivity contribution in [1.29, 1.82) is 0 Å². The van der Waals surface area contributed by atoms with Crippen LogP contribution in [0.4, 0.5) is 0 Å². The molecule has 0 spiro atoms. The number of hydrogen-bond acceptors (Lipinski definition) is 3. The summed E-state index contributed by atoms with van der Waals surface area (Å²) in [6.07, 6.45) is 11.6. The lowest BCUT2D eigenvalue weighted by atomic mass is 9.78. The topological polar surface area (TPSA) is 63.6 Å². The number of carbonyl (C=O) groups excluding carboxylic acids is 1. The van der Waals surface area contributed by atoms with Crippen LogP contribution < -0.4 is 0 Å². The summed E-state index contributed by atoms with van der Waals surface area (Å²) in [7, 11) is 0. The minimum atomic E-state index is -0.839. The molecule has 0 aromatic rings. The average molecular weight is 338 g/mol. The lowest BCUT2D eigenvalue weighted by Gasteiger charge is -2.39. The van der Waals surface area contributed by atoms with Crippen molar-refractivity contribution in [2.75, 3.05) is 0 Å². The van der Waals surface area contributed by atoms with E-state index in [-0.39, 0.29) is 11.6 Å². The van der Waals surface area contributed by atoms with E-state index in [9.17, 15) is 14.7 Å². The highest BCUT2D eigenvalue weighted by atomic mass is 16.6. The van der Waals surface area contributed by atoms with Crippen molar-refractivity contribution >= 4 is 11.9 Å². The van der Waals surface area contributed by atoms with Crippen molar-refractivity contribution in [1.82, 2.24) is 0 Å². The predicted octanol–water partition coefficient (Wildman–Crippen LogP) is 4.95. The highest BCUT2D eigenvalue weighted by molar-refractivity contribution is 5.81. The van der Waals surface area contributed by atoms with E-state index in [1.165, 1.54) is 6.42 Å². The molecule has 2 rings (SSSR count). The van der Waals surface area contributed by atoms with Gasteiger partial charge in [-0.1, -0.05) is 39.5 Å². The first kappa shape index (κ1) is 19.3. The van der Waals surface area contributed by atoms with Gasteiger partial charge in [0.15, 0.2) is 0 Å². The van der Waals surface area contributed by atoms with Crippen molar-refractivity contribution in [2.24, 2.45) is 17.8 Å². The lowest BCUT2D eigenvalue weighted by Crippen LogP contribution is -2.42. The number of carboxylic acids is 1. The van der Waals surface area contributed by atoms with Gasteiger partial charge in [-0.25, -0.2) is 0 Å². The van der Waals surface area contributed by atoms with Crippen LogP contribution in [0.1, 0.15) is 90.9 Å². The Balaban J connectivity index is 2.01. The minimum Gasteiger partial charge on any atom is -0.481 e. The average Bonchev–Trinajstić information content (AvgIpc) is 2.55. The van der Waals surface area contributed by atoms with Crippen LogP contribution in [-0.4, -0.2) is 22.6 Å². The van der Waals surface area contributed by atoms with Gasteiger partial charge < -0.3 is 9.84 Å². The van der Waals surface area contributed by atoms with Gasteiger partial charge in [0, 0.05) is 0 Å². The maximum atomic E-state index is 12.8. The Labute approximate surface area is 146 Å². The molecule has 2 aliphatic carbocycles. The highest BCUT2D eigenvalue weighted by Crippen LogP contribution is 2.39. The number of rotatable bonds is 7. The molecule has 1 N–H and O–H groups in total. The molecule has 138 valence electrons. The third kappa shape index (κ3) is 5.22. The van der Waals surface area contributed by atoms with E-state index in [2.05, 4.69) is 13.8 Å². The molecular weight excluding hydrogens is 304 g/mol. The maximum Gasteiger partial charge on any atom is 0.310 e. The first-order valence-corrected chi connectivity index (χ1v) is 9.89. The molecule has 2 unspecified atom stereocenters. The van der Waals surface area contributed by atoms with Crippen LogP contribution in [0.2, 0.25) is 0 Å². The Morgan fingerprint density at radius 1 is 1.04 bits per heavy atom. The van der Waals surface area contributed by atoms with E-state index in [4.69, 9.17) is 4.74 Å². The molecule has 0 heterocycles. The zero-order chi connectivity index (χ0) is 17.6. The molecule has 24 heavy (non-hydrogen) atoms. The molecule has 0 bridgehead atoms. The van der Waals surface area contributed by atoms with Gasteiger partial charge in [0.1, 0.15) is 5.60 Å². The summed E-state index contributed by atoms with van der Waals surface area (Å²) in [5, 5.41) is 9.42. The number of hydrogen-bond donors (Lipinski definition) is 1. The van der Waals surface area contributed by atoms with Crippen LogP contribution in [0.15, 0.2) is 0 Å². The molecular formula is C20H34O4. The van der Waals surface area contributed by atoms with Gasteiger partial charge in [-0.05, 0) is 57.3 Å². The van der Waals surface area contributed by atoms with Crippen LogP contribution in [0.25, 0.3) is 0 Å². The summed E-state index contributed by atoms with van der Waals surface area (Å²) in [6.45, 7) is 4.44. The standard InChI is InChI=1S/C20H34O4/c1-15(2)9-8-14-20(12-6-3-7-13-20)24-19(23)17-11-5-4-10-16(17)18(21)22/h15-17H,3-14H2,1-2H3,(H,21,22). The smallest absolute Gasteiger partial charge is 0.310 e. The number of carboxylic acid groups (broad SMARTS) is 1. The van der Waals surface area contributed by atoms with Gasteiger partial charge in [0.05, 0.1) is 11.8 Å². The second kappa shape index (κ2) is 8.87. The molecule has 2 saturated carbocycles. The van der Waals surface area contributed by atoms with Crippen molar-refractivity contribution in [2.45, 2.75) is 96.5 Å². The fourth-order valence-corrected chi connectivity index (χ4v) is 4.43. The Morgan fingerprint density at radius 2 is 1.67 bits per heavy atom. The summed E-state index contributed by atoms with van der Waals surface area (Å²) in [4.78, 5) is 24.3. The Kier molecular flexibility index (Phi) is 7.12. The van der Waals surface area contributed by atoms with Crippen LogP contribution in [-0.2, 0) is 14.3 Å². The zero-order valence-corrected chi connectivity index (χ0v) is 15.4. The second-order valence-electron chi connectivity index (χ2n) is 8.29. The van der Waals surface area contributed by atoms with E-state index in [1.807, 2.05) is 0 Å². The van der Waals surface area contributed by atoms with Gasteiger partial charge in [-0.15, -0.1) is 0 Å². The first-order valence-electron chi connectivity index (χ1n) is 9.89. The largest absolute Gasteiger partial charge is 0.481 e. The normalized spacial score (nSPS) is 27.0. The molecule has 0 amide bonds. The Morgan fingerprint density at radius 3 is 2.25 bits per heavy atom. The lowest BCUT2D eigenvalue weighted by molar-refractivity contribution is -0.176. The van der Waals surface area contributed by atoms with Crippen molar-refractivity contribution in [3.63, 3.8) is 0 Å². The van der Waals surface area contributed by atoms with E-state index >= 15 is 0 Å². The number of esters is 1. The summed E-state index contributed by atoms with van der Waals surface area (Å²) >= 11 is 0. The second-order valence-corrected chi connectivity index (χ2v) is 8.29. The minimum absolute atomic E-state index is 0.242. The molecule has 0 radical (unpaired) electrons. The third-order valence-corrected chi connectivity index (χ3v) is 5.88. The SMILES string of the molecule is CC(C)CCCC1(OC(=O)C2CCCCC2C(=O)O)CCCCC1. The summed E-state index contributed by atoms with van der Waals surface area (Å²) in [6, 6.07) is 0. The molecule has 2 atom stereocenters. The van der Waals surface area contributed by atoms with Gasteiger partial charge in [0.2, 0.25) is 0 Å². The Bertz CT molecular complexity index is 423. The van der Waals surface area contributed by atoms with Gasteiger partial charge in [-0.2, -0.15) is 0 Å². The number of carbonyl (C=O) groups is 2. The predicted molar refractivity (Wildman–Crippen MR) is 93.7 cm³/mol. The zero-order valence-electron chi connectivity index (χ0n) is 15.4. The van der Waals surface area contributed by atoms with E-state index in [0.29, 0.717) is 18.8 Å². The maximum absolute atomic E-state index is 12.8. The van der Waals surface area contributed by atoms with E-state index < -0.39 is 17.8 Å². The summed E-state index contributed by atoms with van der Waals surface area (Å²) < 4.78 is 6.08. The van der Waals surface area contributed by atoms with Gasteiger partial charge in [-0.3, -0.25) is 9.59 Å². The molecule has 2 aliphatic rings. The number of aliphatic carboxylic acids is 1. The van der Waals surface area contributed by atoms with Crippen LogP contribution >= 0.6 is 0 Å². The molecule has 0 aliphatic heterocycles. The fraction of sp³-hybridized carbons (Fsp3) is 0.900. The summed E-state index contributed by atoms with van der Waals surface area (Å²) in [5.41, 5.74) is -0.329. The molecule has 4 nitrogen and oxygen atoms in total. The molecule has 2 fully saturated rings. The van der Waals surface area contributed by atoms with Gasteiger partial charge in [0.25, 0.3) is 0 Å². The van der Waals surface area contributed by atoms with Crippen molar-refractivity contribution < 1.29 is 19.4 Å². The summed E-state index contributed by atoms with van der Waals surface area (Å²) in [5.74, 6) is -1.42. The number of ether oxygens (including phenoxy) is 1. The van der Waals surface area contributed by atoms with E-state index in [1.54, 1.807) is 0 Å². The van der Waals surface area contributed by atoms with Crippen molar-refractivity contribution in [3.8, 4) is 0 Å². The molecule has 0 saturated heterocycles. The first-order chi connectivity index (χ1) is 11.4. The quantitative estimate of drug-likeness (QED) is 0.667.